The van der Waals surface area contributed by atoms with Gasteiger partial charge < -0.3 is 5.32 Å². The van der Waals surface area contributed by atoms with Gasteiger partial charge in [-0.2, -0.15) is 0 Å². The minimum atomic E-state index is -0.332. The zero-order valence-electron chi connectivity index (χ0n) is 17.9. The third kappa shape index (κ3) is 4.82. The van der Waals surface area contributed by atoms with Crippen LogP contribution in [0.15, 0.2) is 66.3 Å². The Balaban J connectivity index is 1.81. The van der Waals surface area contributed by atoms with Crippen LogP contribution < -0.4 is 5.32 Å². The number of hydrogen-bond acceptors (Lipinski definition) is 4. The van der Waals surface area contributed by atoms with Crippen molar-refractivity contribution in [3.05, 3.63) is 72.3 Å². The van der Waals surface area contributed by atoms with Gasteiger partial charge in [-0.3, -0.25) is 9.36 Å². The second-order valence-corrected chi connectivity index (χ2v) is 8.82. The van der Waals surface area contributed by atoms with E-state index in [1.807, 2.05) is 67.0 Å². The average molecular weight is 421 g/mol. The molecule has 3 rings (SSSR count). The van der Waals surface area contributed by atoms with Crippen molar-refractivity contribution in [1.82, 2.24) is 14.8 Å². The Kier molecular flexibility index (Phi) is 7.11. The van der Waals surface area contributed by atoms with Crippen molar-refractivity contribution in [1.29, 1.82) is 0 Å². The monoisotopic (exact) mass is 420 g/mol. The first-order chi connectivity index (χ1) is 14.4. The van der Waals surface area contributed by atoms with Crippen LogP contribution in [0.2, 0.25) is 0 Å². The lowest BCUT2D eigenvalue weighted by Crippen LogP contribution is -2.24. The molecule has 2 aromatic carbocycles. The van der Waals surface area contributed by atoms with Crippen LogP contribution in [0.5, 0.6) is 0 Å². The Labute approximate surface area is 182 Å². The molecule has 156 valence electrons. The van der Waals surface area contributed by atoms with Crippen molar-refractivity contribution in [3.63, 3.8) is 0 Å². The Morgan fingerprint density at radius 3 is 2.53 bits per heavy atom. The van der Waals surface area contributed by atoms with Crippen LogP contribution in [0.25, 0.3) is 11.4 Å². The number of allylic oxidation sites excluding steroid dienone is 1. The van der Waals surface area contributed by atoms with E-state index in [-0.39, 0.29) is 11.2 Å². The average Bonchev–Trinajstić information content (AvgIpc) is 3.12. The highest BCUT2D eigenvalue weighted by Gasteiger charge is 2.22. The van der Waals surface area contributed by atoms with Gasteiger partial charge in [0.2, 0.25) is 5.91 Å². The van der Waals surface area contributed by atoms with E-state index in [0.717, 1.165) is 28.2 Å². The summed E-state index contributed by atoms with van der Waals surface area (Å²) < 4.78 is 1.99. The predicted molar refractivity (Wildman–Crippen MR) is 125 cm³/mol. The Morgan fingerprint density at radius 1 is 1.13 bits per heavy atom. The molecule has 5 nitrogen and oxygen atoms in total. The fraction of sp³-hybridized carbons (Fsp3) is 0.292. The van der Waals surface area contributed by atoms with Gasteiger partial charge >= 0.3 is 0 Å². The highest BCUT2D eigenvalue weighted by Crippen LogP contribution is 2.30. The molecule has 0 radical (unpaired) electrons. The molecule has 1 atom stereocenters. The summed E-state index contributed by atoms with van der Waals surface area (Å²) in [4.78, 5) is 13.0. The molecule has 30 heavy (non-hydrogen) atoms. The number of anilines is 1. The lowest BCUT2D eigenvalue weighted by atomic mass is 9.98. The number of nitrogens with zero attached hydrogens (tertiary/aromatic N) is 3. The van der Waals surface area contributed by atoms with Gasteiger partial charge in [0.05, 0.1) is 5.25 Å². The highest BCUT2D eigenvalue weighted by atomic mass is 32.2. The van der Waals surface area contributed by atoms with Crippen LogP contribution >= 0.6 is 11.8 Å². The van der Waals surface area contributed by atoms with Crippen LogP contribution in [0.1, 0.15) is 37.8 Å². The van der Waals surface area contributed by atoms with E-state index in [0.29, 0.717) is 17.6 Å². The van der Waals surface area contributed by atoms with Crippen LogP contribution in [0, 0.1) is 6.92 Å². The van der Waals surface area contributed by atoms with Crippen LogP contribution in [0.4, 0.5) is 5.69 Å². The van der Waals surface area contributed by atoms with Crippen molar-refractivity contribution in [2.24, 2.45) is 0 Å². The van der Waals surface area contributed by atoms with E-state index in [1.165, 1.54) is 11.8 Å². The van der Waals surface area contributed by atoms with Gasteiger partial charge in [-0.1, -0.05) is 80.2 Å². The van der Waals surface area contributed by atoms with Crippen molar-refractivity contribution in [2.45, 2.75) is 50.6 Å². The molecule has 1 N–H and O–H groups in total. The van der Waals surface area contributed by atoms with E-state index >= 15 is 0 Å². The summed E-state index contributed by atoms with van der Waals surface area (Å²) in [7, 11) is 0. The van der Waals surface area contributed by atoms with E-state index < -0.39 is 0 Å². The van der Waals surface area contributed by atoms with Gasteiger partial charge in [0.15, 0.2) is 11.0 Å². The van der Waals surface area contributed by atoms with E-state index in [2.05, 4.69) is 42.0 Å². The number of thioether (sulfide) groups is 1. The number of carbonyl (C=O) groups excluding carboxylic acids is 1. The zero-order valence-corrected chi connectivity index (χ0v) is 18.7. The molecular formula is C24H28N4OS. The maximum Gasteiger partial charge on any atom is 0.237 e. The first-order valence-electron chi connectivity index (χ1n) is 10.1. The largest absolute Gasteiger partial charge is 0.325 e. The van der Waals surface area contributed by atoms with Gasteiger partial charge in [0.25, 0.3) is 0 Å². The summed E-state index contributed by atoms with van der Waals surface area (Å²) in [5, 5.41) is 12.2. The quantitative estimate of drug-likeness (QED) is 0.376. The maximum atomic E-state index is 13.0. The number of benzene rings is 2. The van der Waals surface area contributed by atoms with Crippen molar-refractivity contribution < 1.29 is 4.79 Å². The number of nitrogens with one attached hydrogen (secondary N) is 1. The Hall–Kier alpha value is -2.86. The normalized spacial score (nSPS) is 12.0. The molecule has 0 aliphatic carbocycles. The van der Waals surface area contributed by atoms with Gasteiger partial charge in [-0.05, 0) is 30.9 Å². The standard InChI is InChI=1S/C24H28N4OS/c1-6-15-28-22(19-12-8-7-9-13-19)26-27-24(28)30-18(5)23(29)25-21-17(4)11-10-14-20(21)16(2)3/h6-14,16,18H,1,15H2,2-5H3,(H,25,29). The first-order valence-corrected chi connectivity index (χ1v) is 11.0. The molecule has 0 aliphatic heterocycles. The van der Waals surface area contributed by atoms with Gasteiger partial charge in [0.1, 0.15) is 0 Å². The first kappa shape index (κ1) is 21.8. The van der Waals surface area contributed by atoms with Gasteiger partial charge in [0, 0.05) is 17.8 Å². The Morgan fingerprint density at radius 2 is 1.87 bits per heavy atom. The number of amides is 1. The topological polar surface area (TPSA) is 59.8 Å². The third-order valence-electron chi connectivity index (χ3n) is 4.89. The second-order valence-electron chi connectivity index (χ2n) is 7.51. The van der Waals surface area contributed by atoms with E-state index in [9.17, 15) is 4.79 Å². The minimum Gasteiger partial charge on any atom is -0.325 e. The number of hydrogen-bond donors (Lipinski definition) is 1. The van der Waals surface area contributed by atoms with Gasteiger partial charge in [-0.15, -0.1) is 16.8 Å². The molecule has 0 spiro atoms. The Bertz CT molecular complexity index is 1030. The third-order valence-corrected chi connectivity index (χ3v) is 5.97. The molecule has 0 saturated heterocycles. The number of aryl methyl sites for hydroxylation is 1. The molecular weight excluding hydrogens is 392 g/mol. The van der Waals surface area contributed by atoms with Gasteiger partial charge in [-0.25, -0.2) is 0 Å². The van der Waals surface area contributed by atoms with Crippen LogP contribution in [0.3, 0.4) is 0 Å². The molecule has 0 saturated carbocycles. The second kappa shape index (κ2) is 9.76. The lowest BCUT2D eigenvalue weighted by molar-refractivity contribution is -0.115. The fourth-order valence-corrected chi connectivity index (χ4v) is 4.11. The molecule has 6 heteroatoms. The fourth-order valence-electron chi connectivity index (χ4n) is 3.25. The molecule has 0 bridgehead atoms. The predicted octanol–water partition coefficient (Wildman–Crippen LogP) is 5.68. The summed E-state index contributed by atoms with van der Waals surface area (Å²) in [6.07, 6.45) is 1.81. The smallest absolute Gasteiger partial charge is 0.237 e. The van der Waals surface area contributed by atoms with Crippen LogP contribution in [-0.2, 0) is 11.3 Å². The van der Waals surface area contributed by atoms with Crippen LogP contribution in [-0.4, -0.2) is 25.9 Å². The van der Waals surface area contributed by atoms with E-state index in [1.54, 1.807) is 0 Å². The highest BCUT2D eigenvalue weighted by molar-refractivity contribution is 8.00. The minimum absolute atomic E-state index is 0.0504. The molecule has 1 amide bonds. The summed E-state index contributed by atoms with van der Waals surface area (Å²) in [5.74, 6) is 1.05. The van der Waals surface area contributed by atoms with Crippen molar-refractivity contribution >= 4 is 23.4 Å². The molecule has 3 aromatic rings. The SMILES string of the molecule is C=CCn1c(SC(C)C(=O)Nc2c(C)cccc2C(C)C)nnc1-c1ccccc1. The molecule has 1 heterocycles. The maximum absolute atomic E-state index is 13.0. The lowest BCUT2D eigenvalue weighted by Gasteiger charge is -2.18. The summed E-state index contributed by atoms with van der Waals surface area (Å²) >= 11 is 1.40. The number of aromatic nitrogens is 3. The molecule has 1 unspecified atom stereocenters. The molecule has 0 fully saturated rings. The number of para-hydroxylation sites is 1. The van der Waals surface area contributed by atoms with Crippen molar-refractivity contribution in [3.8, 4) is 11.4 Å². The molecule has 1 aromatic heterocycles. The number of carbonyl (C=O) groups is 1. The van der Waals surface area contributed by atoms with Crippen molar-refractivity contribution in [2.75, 3.05) is 5.32 Å². The summed E-state index contributed by atoms with van der Waals surface area (Å²) in [5.41, 5.74) is 4.09. The summed E-state index contributed by atoms with van der Waals surface area (Å²) in [6, 6.07) is 16.0. The summed E-state index contributed by atoms with van der Waals surface area (Å²) in [6.45, 7) is 12.6. The number of rotatable bonds is 8. The zero-order chi connectivity index (χ0) is 21.7. The molecule has 0 aliphatic rings. The van der Waals surface area contributed by atoms with E-state index in [4.69, 9.17) is 0 Å².